The Morgan fingerprint density at radius 2 is 2.00 bits per heavy atom. The molecule has 0 bridgehead atoms. The monoisotopic (exact) mass is 380 g/mol. The summed E-state index contributed by atoms with van der Waals surface area (Å²) in [6.07, 6.45) is 1.86. The molecule has 0 aliphatic carbocycles. The van der Waals surface area contributed by atoms with Gasteiger partial charge in [-0.25, -0.2) is 4.98 Å². The molecule has 0 spiro atoms. The minimum Gasteiger partial charge on any atom is -0.235 e. The average molecular weight is 381 g/mol. The molecule has 0 unspecified atom stereocenters. The highest BCUT2D eigenvalue weighted by Crippen LogP contribution is 2.27. The molecule has 0 fully saturated rings. The van der Waals surface area contributed by atoms with Gasteiger partial charge in [-0.05, 0) is 30.7 Å². The van der Waals surface area contributed by atoms with Crippen LogP contribution in [0.1, 0.15) is 16.1 Å². The van der Waals surface area contributed by atoms with Gasteiger partial charge in [0.25, 0.3) is 0 Å². The quantitative estimate of drug-likeness (QED) is 0.526. The van der Waals surface area contributed by atoms with Crippen LogP contribution in [0.4, 0.5) is 0 Å². The van der Waals surface area contributed by atoms with Gasteiger partial charge >= 0.3 is 0 Å². The van der Waals surface area contributed by atoms with Crippen LogP contribution >= 0.6 is 27.3 Å². The van der Waals surface area contributed by atoms with Gasteiger partial charge in [-0.2, -0.15) is 5.26 Å². The van der Waals surface area contributed by atoms with Gasteiger partial charge in [-0.3, -0.25) is 0 Å². The molecule has 0 atom stereocenters. The first kappa shape index (κ1) is 15.7. The lowest BCUT2D eigenvalue weighted by molar-refractivity contribution is 1.36. The third kappa shape index (κ3) is 3.76. The second-order valence-corrected chi connectivity index (χ2v) is 6.90. The lowest BCUT2D eigenvalue weighted by Gasteiger charge is -1.98. The highest BCUT2D eigenvalue weighted by molar-refractivity contribution is 9.10. The van der Waals surface area contributed by atoms with E-state index in [0.717, 1.165) is 26.3 Å². The lowest BCUT2D eigenvalue weighted by Crippen LogP contribution is -1.83. The van der Waals surface area contributed by atoms with Crippen LogP contribution in [-0.4, -0.2) is 4.98 Å². The van der Waals surface area contributed by atoms with Gasteiger partial charge < -0.3 is 0 Å². The maximum Gasteiger partial charge on any atom is 0.134 e. The van der Waals surface area contributed by atoms with Crippen molar-refractivity contribution in [3.63, 3.8) is 0 Å². The minimum atomic E-state index is 0.575. The molecule has 0 aliphatic heterocycles. The minimum absolute atomic E-state index is 0.575. The number of aryl methyl sites for hydroxylation is 1. The molecule has 2 aromatic carbocycles. The fourth-order valence-electron chi connectivity index (χ4n) is 2.16. The molecule has 2 nitrogen and oxygen atoms in total. The standard InChI is InChI=1S/C19H13BrN2S/c1-13-5-7-15(8-6-13)18-12-23-19(22-18)16(11-21)9-14-3-2-4-17(20)10-14/h2-10,12H,1H3/b16-9-. The van der Waals surface area contributed by atoms with E-state index in [0.29, 0.717) is 5.57 Å². The molecule has 0 aliphatic rings. The highest BCUT2D eigenvalue weighted by atomic mass is 79.9. The van der Waals surface area contributed by atoms with E-state index in [1.165, 1.54) is 16.9 Å². The Morgan fingerprint density at radius 1 is 1.22 bits per heavy atom. The topological polar surface area (TPSA) is 36.7 Å². The smallest absolute Gasteiger partial charge is 0.134 e. The third-order valence-electron chi connectivity index (χ3n) is 3.36. The lowest BCUT2D eigenvalue weighted by atomic mass is 10.1. The van der Waals surface area contributed by atoms with Crippen LogP contribution in [0.3, 0.4) is 0 Å². The summed E-state index contributed by atoms with van der Waals surface area (Å²) >= 11 is 4.94. The summed E-state index contributed by atoms with van der Waals surface area (Å²) in [5.74, 6) is 0. The third-order valence-corrected chi connectivity index (χ3v) is 4.73. The highest BCUT2D eigenvalue weighted by Gasteiger charge is 2.09. The first-order valence-electron chi connectivity index (χ1n) is 7.06. The summed E-state index contributed by atoms with van der Waals surface area (Å²) in [6.45, 7) is 2.06. The second-order valence-electron chi connectivity index (χ2n) is 5.13. The number of halogens is 1. The number of benzene rings is 2. The Morgan fingerprint density at radius 3 is 2.70 bits per heavy atom. The van der Waals surface area contributed by atoms with Crippen LogP contribution in [-0.2, 0) is 0 Å². The molecule has 3 rings (SSSR count). The van der Waals surface area contributed by atoms with E-state index in [2.05, 4.69) is 58.2 Å². The van der Waals surface area contributed by atoms with E-state index < -0.39 is 0 Å². The van der Waals surface area contributed by atoms with Crippen LogP contribution < -0.4 is 0 Å². The Balaban J connectivity index is 1.94. The van der Waals surface area contributed by atoms with Crippen molar-refractivity contribution in [1.82, 2.24) is 4.98 Å². The molecule has 0 saturated carbocycles. The van der Waals surface area contributed by atoms with E-state index >= 15 is 0 Å². The summed E-state index contributed by atoms with van der Waals surface area (Å²) in [5.41, 5.74) is 4.74. The Kier molecular flexibility index (Phi) is 4.71. The predicted octanol–water partition coefficient (Wildman–Crippen LogP) is 5.95. The van der Waals surface area contributed by atoms with Crippen LogP contribution in [0.15, 0.2) is 58.4 Å². The maximum atomic E-state index is 9.46. The molecule has 0 saturated heterocycles. The molecule has 112 valence electrons. The second kappa shape index (κ2) is 6.91. The fraction of sp³-hybridized carbons (Fsp3) is 0.0526. The van der Waals surface area contributed by atoms with E-state index in [4.69, 9.17) is 0 Å². The number of hydrogen-bond acceptors (Lipinski definition) is 3. The van der Waals surface area contributed by atoms with Gasteiger partial charge in [0.15, 0.2) is 0 Å². The Bertz CT molecular complexity index is 902. The van der Waals surface area contributed by atoms with Crippen molar-refractivity contribution in [3.8, 4) is 17.3 Å². The molecule has 1 heterocycles. The van der Waals surface area contributed by atoms with Crippen molar-refractivity contribution in [2.45, 2.75) is 6.92 Å². The number of allylic oxidation sites excluding steroid dienone is 1. The van der Waals surface area contributed by atoms with Crippen LogP contribution in [0, 0.1) is 18.3 Å². The summed E-state index contributed by atoms with van der Waals surface area (Å²) in [6, 6.07) is 18.4. The molecule has 0 amide bonds. The normalized spacial score (nSPS) is 11.3. The van der Waals surface area contributed by atoms with Gasteiger partial charge in [0.05, 0.1) is 11.3 Å². The molecule has 23 heavy (non-hydrogen) atoms. The van der Waals surface area contributed by atoms with Gasteiger partial charge in [0.2, 0.25) is 0 Å². The molecule has 4 heteroatoms. The molecule has 3 aromatic rings. The van der Waals surface area contributed by atoms with Crippen LogP contribution in [0.2, 0.25) is 0 Å². The molecule has 0 N–H and O–H groups in total. The predicted molar refractivity (Wildman–Crippen MR) is 99.9 cm³/mol. The summed E-state index contributed by atoms with van der Waals surface area (Å²) < 4.78 is 0.989. The number of thiazole rings is 1. The molecule has 1 aromatic heterocycles. The zero-order chi connectivity index (χ0) is 16.2. The number of rotatable bonds is 3. The zero-order valence-electron chi connectivity index (χ0n) is 12.5. The number of nitrogens with zero attached hydrogens (tertiary/aromatic N) is 2. The van der Waals surface area contributed by atoms with Gasteiger partial charge in [0.1, 0.15) is 11.1 Å². The van der Waals surface area contributed by atoms with Gasteiger partial charge in [0, 0.05) is 15.4 Å². The van der Waals surface area contributed by atoms with Crippen LogP contribution in [0.5, 0.6) is 0 Å². The number of aromatic nitrogens is 1. The SMILES string of the molecule is Cc1ccc(-c2csc(/C(C#N)=C\c3cccc(Br)c3)n2)cc1. The number of hydrogen-bond donors (Lipinski definition) is 0. The van der Waals surface area contributed by atoms with E-state index in [9.17, 15) is 5.26 Å². The van der Waals surface area contributed by atoms with Gasteiger partial charge in [-0.15, -0.1) is 11.3 Å². The summed E-state index contributed by atoms with van der Waals surface area (Å²) in [4.78, 5) is 4.62. The van der Waals surface area contributed by atoms with Crippen molar-refractivity contribution in [3.05, 3.63) is 74.5 Å². The Labute approximate surface area is 147 Å². The van der Waals surface area contributed by atoms with Crippen molar-refractivity contribution >= 4 is 38.9 Å². The largest absolute Gasteiger partial charge is 0.235 e. The molecule has 0 radical (unpaired) electrons. The van der Waals surface area contributed by atoms with E-state index in [1.54, 1.807) is 0 Å². The first-order chi connectivity index (χ1) is 11.2. The van der Waals surface area contributed by atoms with Gasteiger partial charge in [-0.1, -0.05) is 57.9 Å². The summed E-state index contributed by atoms with van der Waals surface area (Å²) in [7, 11) is 0. The van der Waals surface area contributed by atoms with Crippen LogP contribution in [0.25, 0.3) is 22.9 Å². The fourth-order valence-corrected chi connectivity index (χ4v) is 3.37. The zero-order valence-corrected chi connectivity index (χ0v) is 14.9. The van der Waals surface area contributed by atoms with E-state index in [1.807, 2.05) is 35.7 Å². The van der Waals surface area contributed by atoms with E-state index in [-0.39, 0.29) is 0 Å². The first-order valence-corrected chi connectivity index (χ1v) is 8.73. The van der Waals surface area contributed by atoms with Crippen molar-refractivity contribution in [2.24, 2.45) is 0 Å². The molecular weight excluding hydrogens is 368 g/mol. The summed E-state index contributed by atoms with van der Waals surface area (Å²) in [5, 5.41) is 12.2. The molecular formula is C19H13BrN2S. The van der Waals surface area contributed by atoms with Crippen molar-refractivity contribution < 1.29 is 0 Å². The number of nitriles is 1. The average Bonchev–Trinajstić information content (AvgIpc) is 3.03. The maximum absolute atomic E-state index is 9.46. The Hall–Kier alpha value is -2.22. The van der Waals surface area contributed by atoms with Crippen molar-refractivity contribution in [2.75, 3.05) is 0 Å². The van der Waals surface area contributed by atoms with Crippen molar-refractivity contribution in [1.29, 1.82) is 5.26 Å².